The number of nitrogens with one attached hydrogen (secondary N) is 2. The maximum atomic E-state index is 15.9. The average molecular weight is 1640 g/mol. The smallest absolute Gasteiger partial charge is 0.416 e. The quantitative estimate of drug-likeness (QED) is 0.123. The molecule has 16 rings (SSSR count). The van der Waals surface area contributed by atoms with Gasteiger partial charge in [0.2, 0.25) is 20.0 Å². The van der Waals surface area contributed by atoms with E-state index in [1.54, 1.807) is 13.8 Å². The Kier molecular flexibility index (Phi) is 21.1. The second-order valence-electron chi connectivity index (χ2n) is 30.1. The summed E-state index contributed by atoms with van der Waals surface area (Å²) in [5.41, 5.74) is 2.24. The van der Waals surface area contributed by atoms with E-state index in [0.29, 0.717) is 47.9 Å². The lowest BCUT2D eigenvalue weighted by atomic mass is 9.57. The van der Waals surface area contributed by atoms with Gasteiger partial charge in [0, 0.05) is 64.6 Å². The van der Waals surface area contributed by atoms with E-state index in [2.05, 4.69) is 10.0 Å². The molecule has 3 aliphatic carbocycles. The van der Waals surface area contributed by atoms with Crippen molar-refractivity contribution in [3.05, 3.63) is 229 Å². The highest BCUT2D eigenvalue weighted by Gasteiger charge is 2.67. The highest BCUT2D eigenvalue weighted by Crippen LogP contribution is 2.64. The first-order valence-corrected chi connectivity index (χ1v) is 42.8. The monoisotopic (exact) mass is 1640 g/mol. The molecule has 2 saturated heterocycles. The zero-order chi connectivity index (χ0) is 78.8. The van der Waals surface area contributed by atoms with Crippen LogP contribution in [0.25, 0.3) is 0 Å². The Labute approximate surface area is 635 Å². The number of halogens is 13. The van der Waals surface area contributed by atoms with Crippen molar-refractivity contribution in [2.45, 2.75) is 170 Å². The minimum absolute atomic E-state index is 0.00203. The number of alkyl halides is 6. The van der Waals surface area contributed by atoms with E-state index < -0.39 is 186 Å². The molecule has 0 amide bonds. The van der Waals surface area contributed by atoms with E-state index in [1.807, 2.05) is 55.5 Å². The zero-order valence-corrected chi connectivity index (χ0v) is 63.6. The van der Waals surface area contributed by atoms with E-state index in [9.17, 15) is 68.8 Å². The van der Waals surface area contributed by atoms with Gasteiger partial charge in [0.25, 0.3) is 0 Å². The minimum atomic E-state index is -4.72. The van der Waals surface area contributed by atoms with Crippen LogP contribution in [0, 0.1) is 71.4 Å². The number of rotatable bonds is 10. The average Bonchev–Trinajstić information content (AvgIpc) is 0.689. The number of fused-ring (bicyclic) bond motifs is 14. The van der Waals surface area contributed by atoms with Crippen LogP contribution in [-0.2, 0) is 79.9 Å². The number of sulfone groups is 2. The molecule has 0 spiro atoms. The van der Waals surface area contributed by atoms with Crippen molar-refractivity contribution in [1.82, 2.24) is 14.3 Å². The first-order chi connectivity index (χ1) is 51.9. The summed E-state index contributed by atoms with van der Waals surface area (Å²) in [6.07, 6.45) is -5.03. The minimum Gasteiger partial charge on any atom is -0.490 e. The van der Waals surface area contributed by atoms with Crippen molar-refractivity contribution in [2.24, 2.45) is 29.6 Å². The molecule has 4 fully saturated rings. The molecule has 31 heteroatoms. The van der Waals surface area contributed by atoms with Crippen molar-refractivity contribution in [2.75, 3.05) is 26.4 Å². The van der Waals surface area contributed by atoms with E-state index in [-0.39, 0.29) is 88.6 Å². The van der Waals surface area contributed by atoms with E-state index in [1.165, 1.54) is 27.7 Å². The highest BCUT2D eigenvalue weighted by atomic mass is 35.5. The van der Waals surface area contributed by atoms with Gasteiger partial charge in [-0.05, 0) is 216 Å². The molecule has 14 nitrogen and oxygen atoms in total. The summed E-state index contributed by atoms with van der Waals surface area (Å²) in [7, 11) is -16.8. The van der Waals surface area contributed by atoms with Gasteiger partial charge in [0.15, 0.2) is 54.4 Å². The van der Waals surface area contributed by atoms with Gasteiger partial charge < -0.3 is 19.5 Å². The van der Waals surface area contributed by atoms with Gasteiger partial charge in [-0.2, -0.15) is 30.6 Å². The number of hydrogen-bond donors (Lipinski definition) is 2. The summed E-state index contributed by atoms with van der Waals surface area (Å²) >= 11 is 6.06. The predicted molar refractivity (Wildman–Crippen MR) is 385 cm³/mol. The van der Waals surface area contributed by atoms with Gasteiger partial charge >= 0.3 is 12.4 Å². The molecule has 12 atom stereocenters. The Balaban J connectivity index is 0.000000141. The second kappa shape index (κ2) is 29.2. The normalized spacial score (nSPS) is 28.5. The number of hydrogen-bond acceptors (Lipinski definition) is 12. The molecule has 6 aliphatic heterocycles. The van der Waals surface area contributed by atoms with Crippen LogP contribution in [-0.4, -0.2) is 86.9 Å². The van der Waals surface area contributed by atoms with Gasteiger partial charge in [0.05, 0.1) is 62.4 Å². The van der Waals surface area contributed by atoms with Gasteiger partial charge in [0.1, 0.15) is 26.9 Å². The standard InChI is InChI=1S/C32H32F5NO5S2.C24H24F5NO5S2.C23H22ClF2NO/c1-3-22-16-24-25-18-43-30-27(34)13-12-26(33)29(30)31(25,44(39,40)23-10-8-21(9-11-23)32(35,36)37)15-14-28(24)38(45(22,41)42)17-20-6-4-19(2)5-7-20;1-2-14-11-16-17-12-35-22-19(26)8-7-18(25)21(22)23(17,10-9-20(16)30-37(14,33)34)36(31,32)15-5-3-13(4-6-15)24(27,28)29;24-15-5-3-14(4-6-15)12-23-10-9-20-16(2-1-11-27-20)17(23)13-28-22-19(26)8-7-18(25)21(22)23/h4-13,22,24-25,28H,3,14-18H2,1-2H3;3-8,14,16-17,20,30H,2,9-12H2,1H3;3-8,17,27H,1-2,9-13H2/t22-,24?,25+,28-,31+;14-,16?,17+,20-,23+;17-,23-/m110/s1. The lowest BCUT2D eigenvalue weighted by molar-refractivity contribution is -0.138. The first-order valence-electron chi connectivity index (χ1n) is 36.4. The largest absolute Gasteiger partial charge is 0.490 e. The predicted octanol–water partition coefficient (Wildman–Crippen LogP) is 16.8. The molecule has 0 aromatic heterocycles. The Bertz CT molecular complexity index is 5240. The van der Waals surface area contributed by atoms with Gasteiger partial charge in [-0.1, -0.05) is 67.4 Å². The van der Waals surface area contributed by atoms with Crippen LogP contribution in [0.3, 0.4) is 0 Å². The molecule has 0 radical (unpaired) electrons. The molecule has 9 aliphatic rings. The van der Waals surface area contributed by atoms with Crippen molar-refractivity contribution in [3.8, 4) is 17.2 Å². The van der Waals surface area contributed by atoms with Crippen LogP contribution in [0.4, 0.5) is 52.7 Å². The fourth-order valence-corrected chi connectivity index (χ4v) is 28.3. The maximum Gasteiger partial charge on any atom is 0.416 e. The van der Waals surface area contributed by atoms with Crippen LogP contribution < -0.4 is 24.2 Å². The number of nitrogens with zero attached hydrogens (tertiary/aromatic N) is 1. The van der Waals surface area contributed by atoms with Crippen molar-refractivity contribution >= 4 is 51.3 Å². The number of aryl methyl sites for hydroxylation is 1. The number of allylic oxidation sites excluding steroid dienone is 1. The van der Waals surface area contributed by atoms with E-state index >= 15 is 17.6 Å². The Morgan fingerprint density at radius 3 is 1.53 bits per heavy atom. The Hall–Kier alpha value is -7.35. The zero-order valence-electron chi connectivity index (χ0n) is 59.6. The Morgan fingerprint density at radius 1 is 0.545 bits per heavy atom. The molecule has 7 aromatic carbocycles. The molecule has 2 unspecified atom stereocenters. The van der Waals surface area contributed by atoms with E-state index in [0.717, 1.165) is 97.4 Å². The van der Waals surface area contributed by atoms with Crippen LogP contribution in [0.1, 0.15) is 135 Å². The van der Waals surface area contributed by atoms with Crippen LogP contribution in [0.5, 0.6) is 17.2 Å². The third kappa shape index (κ3) is 13.3. The molecule has 6 heterocycles. The lowest BCUT2D eigenvalue weighted by Crippen LogP contribution is -2.64. The van der Waals surface area contributed by atoms with Crippen molar-refractivity contribution < 1.29 is 101 Å². The van der Waals surface area contributed by atoms with Gasteiger partial charge in [-0.15, -0.1) is 0 Å². The second-order valence-corrected chi connectivity index (χ2v) is 39.1. The third-order valence-corrected chi connectivity index (χ3v) is 34.4. The molecule has 0 bridgehead atoms. The SMILES string of the molecule is CC[C@@H]1CC2[C@@H](CC[C@@]3(S(=O)(=O)c4ccc(C(F)(F)F)cc4)c4c(F)ccc(F)c4OC[C@@H]23)N(Cc2ccc(C)cc2)S1(=O)=O.CC[C@@H]1CC2[C@@H](CC[C@@]3(S(=O)(=O)c4ccc(C(F)(F)F)cc4)c4c(F)ccc(F)c4OC[C@@H]23)NS1(=O)=O.Fc1ccc(F)c2c1OC[C@H]1C3=C(CC[C@@]21Cc1ccc(Cl)cc1)NCCC3. The summed E-state index contributed by atoms with van der Waals surface area (Å²) in [5.74, 6) is -9.02. The Morgan fingerprint density at radius 2 is 1.01 bits per heavy atom. The lowest BCUT2D eigenvalue weighted by Gasteiger charge is -2.57. The highest BCUT2D eigenvalue weighted by molar-refractivity contribution is 7.93. The first kappa shape index (κ1) is 79.3. The molecule has 110 heavy (non-hydrogen) atoms. The summed E-state index contributed by atoms with van der Waals surface area (Å²) in [6.45, 7) is 6.06. The molecule has 2 N–H and O–H groups in total. The van der Waals surface area contributed by atoms with Crippen LogP contribution in [0.2, 0.25) is 5.02 Å². The van der Waals surface area contributed by atoms with E-state index in [4.69, 9.17) is 25.8 Å². The summed E-state index contributed by atoms with van der Waals surface area (Å²) < 4.78 is 299. The molecular formula is C79H78ClF12N3O11S4. The molecule has 590 valence electrons. The fraction of sp³-hybridized carbons (Fsp3) is 0.443. The molecular weight excluding hydrogens is 1560 g/mol. The van der Waals surface area contributed by atoms with Gasteiger partial charge in [-0.25, -0.2) is 64.7 Å². The summed E-state index contributed by atoms with van der Waals surface area (Å²) in [6, 6.07) is 25.4. The molecule has 2 saturated carbocycles. The van der Waals surface area contributed by atoms with Crippen molar-refractivity contribution in [3.63, 3.8) is 0 Å². The topological polar surface area (TPSA) is 192 Å². The summed E-state index contributed by atoms with van der Waals surface area (Å²) in [4.78, 5) is -0.939. The number of benzene rings is 7. The summed E-state index contributed by atoms with van der Waals surface area (Å²) in [5, 5.41) is 2.51. The fourth-order valence-electron chi connectivity index (χ4n) is 19.3. The van der Waals surface area contributed by atoms with Gasteiger partial charge in [-0.3, -0.25) is 0 Å². The van der Waals surface area contributed by atoms with Crippen LogP contribution in [0.15, 0.2) is 155 Å². The third-order valence-electron chi connectivity index (χ3n) is 24.6. The molecule has 7 aromatic rings. The maximum absolute atomic E-state index is 15.9. The van der Waals surface area contributed by atoms with Crippen molar-refractivity contribution in [1.29, 1.82) is 0 Å². The number of sulfonamides is 2. The van der Waals surface area contributed by atoms with Crippen LogP contribution >= 0.6 is 11.6 Å². The number of ether oxygens (including phenoxy) is 3.